The Balaban J connectivity index is 1.91. The van der Waals surface area contributed by atoms with Crippen LogP contribution < -0.4 is 0 Å². The van der Waals surface area contributed by atoms with E-state index in [9.17, 15) is 0 Å². The highest BCUT2D eigenvalue weighted by Crippen LogP contribution is 2.20. The standard InChI is InChI=1S/C16H10N4/c1-3-11-5-6-15(20-16(11)18-10-1)14-8-7-12-13(19-14)4-2-9-17-12/h1-10H. The van der Waals surface area contributed by atoms with Crippen LogP contribution in [0.5, 0.6) is 0 Å². The van der Waals surface area contributed by atoms with Gasteiger partial charge in [-0.1, -0.05) is 0 Å². The van der Waals surface area contributed by atoms with E-state index in [-0.39, 0.29) is 0 Å². The first-order valence-corrected chi connectivity index (χ1v) is 6.34. The summed E-state index contributed by atoms with van der Waals surface area (Å²) >= 11 is 0. The molecule has 4 heteroatoms. The number of hydrogen-bond acceptors (Lipinski definition) is 4. The molecule has 94 valence electrons. The van der Waals surface area contributed by atoms with Crippen molar-refractivity contribution in [2.24, 2.45) is 0 Å². The molecular formula is C16H10N4. The van der Waals surface area contributed by atoms with Crippen LogP contribution >= 0.6 is 0 Å². The van der Waals surface area contributed by atoms with Crippen molar-refractivity contribution in [2.75, 3.05) is 0 Å². The predicted octanol–water partition coefficient (Wildman–Crippen LogP) is 3.24. The van der Waals surface area contributed by atoms with Crippen molar-refractivity contribution in [1.29, 1.82) is 0 Å². The minimum atomic E-state index is 0.734. The fourth-order valence-corrected chi connectivity index (χ4v) is 2.20. The van der Waals surface area contributed by atoms with Gasteiger partial charge in [-0.3, -0.25) is 4.98 Å². The van der Waals surface area contributed by atoms with E-state index in [2.05, 4.69) is 19.9 Å². The van der Waals surface area contributed by atoms with E-state index in [4.69, 9.17) is 0 Å². The summed E-state index contributed by atoms with van der Waals surface area (Å²) in [6.07, 6.45) is 3.51. The molecule has 4 rings (SSSR count). The Morgan fingerprint density at radius 2 is 1.40 bits per heavy atom. The number of fused-ring (bicyclic) bond motifs is 2. The van der Waals surface area contributed by atoms with Crippen molar-refractivity contribution >= 4 is 22.1 Å². The molecule has 4 heterocycles. The lowest BCUT2D eigenvalue weighted by Gasteiger charge is -2.03. The Hall–Kier alpha value is -2.88. The first-order valence-electron chi connectivity index (χ1n) is 6.34. The van der Waals surface area contributed by atoms with Crippen LogP contribution in [0.2, 0.25) is 0 Å². The van der Waals surface area contributed by atoms with Gasteiger partial charge in [-0.05, 0) is 48.5 Å². The third-order valence-electron chi connectivity index (χ3n) is 3.18. The maximum atomic E-state index is 4.60. The molecule has 4 nitrogen and oxygen atoms in total. The topological polar surface area (TPSA) is 51.6 Å². The van der Waals surface area contributed by atoms with Crippen LogP contribution in [-0.2, 0) is 0 Å². The van der Waals surface area contributed by atoms with Gasteiger partial charge in [0, 0.05) is 17.8 Å². The molecule has 0 fully saturated rings. The van der Waals surface area contributed by atoms with Crippen LogP contribution in [0, 0.1) is 0 Å². The summed E-state index contributed by atoms with van der Waals surface area (Å²) in [6, 6.07) is 15.6. The third-order valence-corrected chi connectivity index (χ3v) is 3.18. The zero-order chi connectivity index (χ0) is 13.4. The Morgan fingerprint density at radius 1 is 0.600 bits per heavy atom. The Bertz CT molecular complexity index is 841. The summed E-state index contributed by atoms with van der Waals surface area (Å²) < 4.78 is 0. The predicted molar refractivity (Wildman–Crippen MR) is 78.1 cm³/mol. The van der Waals surface area contributed by atoms with Gasteiger partial charge in [0.25, 0.3) is 0 Å². The van der Waals surface area contributed by atoms with E-state index in [1.54, 1.807) is 12.4 Å². The van der Waals surface area contributed by atoms with Crippen LogP contribution in [0.4, 0.5) is 0 Å². The smallest absolute Gasteiger partial charge is 0.159 e. The van der Waals surface area contributed by atoms with Crippen molar-refractivity contribution in [1.82, 2.24) is 19.9 Å². The SMILES string of the molecule is c1cnc2nc(-c3ccc4ncccc4n3)ccc2c1. The van der Waals surface area contributed by atoms with Crippen LogP contribution in [-0.4, -0.2) is 19.9 Å². The molecule has 0 aliphatic heterocycles. The van der Waals surface area contributed by atoms with Gasteiger partial charge >= 0.3 is 0 Å². The summed E-state index contributed by atoms with van der Waals surface area (Å²) in [5.41, 5.74) is 4.14. The molecule has 0 amide bonds. The molecule has 0 unspecified atom stereocenters. The zero-order valence-corrected chi connectivity index (χ0v) is 10.6. The molecule has 4 aromatic rings. The molecule has 0 saturated heterocycles. The first kappa shape index (κ1) is 11.0. The van der Waals surface area contributed by atoms with Gasteiger partial charge < -0.3 is 0 Å². The molecule has 0 N–H and O–H groups in total. The highest BCUT2D eigenvalue weighted by Gasteiger charge is 2.05. The van der Waals surface area contributed by atoms with Crippen LogP contribution in [0.15, 0.2) is 60.9 Å². The average molecular weight is 258 g/mol. The largest absolute Gasteiger partial charge is 0.255 e. The fraction of sp³-hybridized carbons (Fsp3) is 0. The maximum Gasteiger partial charge on any atom is 0.159 e. The Morgan fingerprint density at radius 3 is 2.40 bits per heavy atom. The molecule has 20 heavy (non-hydrogen) atoms. The lowest BCUT2D eigenvalue weighted by Crippen LogP contribution is -1.91. The molecule has 0 atom stereocenters. The second kappa shape index (κ2) is 4.35. The van der Waals surface area contributed by atoms with Crippen molar-refractivity contribution in [3.8, 4) is 11.4 Å². The van der Waals surface area contributed by atoms with E-state index >= 15 is 0 Å². The molecule has 0 aromatic carbocycles. The second-order valence-corrected chi connectivity index (χ2v) is 4.48. The highest BCUT2D eigenvalue weighted by molar-refractivity contribution is 5.80. The summed E-state index contributed by atoms with van der Waals surface area (Å²) in [7, 11) is 0. The van der Waals surface area contributed by atoms with Gasteiger partial charge in [-0.25, -0.2) is 15.0 Å². The molecule has 0 aliphatic rings. The number of pyridine rings is 4. The van der Waals surface area contributed by atoms with E-state index in [1.807, 2.05) is 48.5 Å². The zero-order valence-electron chi connectivity index (χ0n) is 10.6. The first-order chi connectivity index (χ1) is 9.90. The minimum Gasteiger partial charge on any atom is -0.255 e. The third kappa shape index (κ3) is 1.78. The lowest BCUT2D eigenvalue weighted by molar-refractivity contribution is 1.25. The van der Waals surface area contributed by atoms with Gasteiger partial charge in [0.05, 0.1) is 22.4 Å². The molecule has 0 aliphatic carbocycles. The summed E-state index contributed by atoms with van der Waals surface area (Å²) in [4.78, 5) is 17.7. The number of aromatic nitrogens is 4. The minimum absolute atomic E-state index is 0.734. The van der Waals surface area contributed by atoms with Gasteiger partial charge in [0.1, 0.15) is 0 Å². The quantitative estimate of drug-likeness (QED) is 0.526. The Kier molecular flexibility index (Phi) is 2.39. The molecule has 0 spiro atoms. The number of nitrogens with zero attached hydrogens (tertiary/aromatic N) is 4. The van der Waals surface area contributed by atoms with E-state index in [0.717, 1.165) is 33.5 Å². The van der Waals surface area contributed by atoms with Crippen molar-refractivity contribution < 1.29 is 0 Å². The fourth-order valence-electron chi connectivity index (χ4n) is 2.20. The van der Waals surface area contributed by atoms with Gasteiger partial charge in [-0.2, -0.15) is 0 Å². The molecule has 0 radical (unpaired) electrons. The Labute approximate surface area is 115 Å². The highest BCUT2D eigenvalue weighted by atomic mass is 14.9. The molecule has 0 saturated carbocycles. The maximum absolute atomic E-state index is 4.60. The van der Waals surface area contributed by atoms with Gasteiger partial charge in [0.2, 0.25) is 0 Å². The second-order valence-electron chi connectivity index (χ2n) is 4.48. The van der Waals surface area contributed by atoms with Crippen LogP contribution in [0.25, 0.3) is 33.5 Å². The monoisotopic (exact) mass is 258 g/mol. The van der Waals surface area contributed by atoms with Crippen molar-refractivity contribution in [3.05, 3.63) is 60.9 Å². The normalized spacial score (nSPS) is 11.0. The van der Waals surface area contributed by atoms with E-state index in [0.29, 0.717) is 0 Å². The molecular weight excluding hydrogens is 248 g/mol. The lowest BCUT2D eigenvalue weighted by atomic mass is 10.2. The average Bonchev–Trinajstić information content (AvgIpc) is 2.54. The molecule has 0 bridgehead atoms. The van der Waals surface area contributed by atoms with Gasteiger partial charge in [-0.15, -0.1) is 0 Å². The number of rotatable bonds is 1. The van der Waals surface area contributed by atoms with Crippen molar-refractivity contribution in [2.45, 2.75) is 0 Å². The van der Waals surface area contributed by atoms with E-state index in [1.165, 1.54) is 0 Å². The van der Waals surface area contributed by atoms with Crippen LogP contribution in [0.1, 0.15) is 0 Å². The van der Waals surface area contributed by atoms with E-state index < -0.39 is 0 Å². The number of hydrogen-bond donors (Lipinski definition) is 0. The molecule has 4 aromatic heterocycles. The van der Waals surface area contributed by atoms with Crippen LogP contribution in [0.3, 0.4) is 0 Å². The van der Waals surface area contributed by atoms with Crippen molar-refractivity contribution in [3.63, 3.8) is 0 Å². The summed E-state index contributed by atoms with van der Waals surface area (Å²) in [5, 5.41) is 1.03. The summed E-state index contributed by atoms with van der Waals surface area (Å²) in [6.45, 7) is 0. The van der Waals surface area contributed by atoms with Gasteiger partial charge in [0.15, 0.2) is 5.65 Å². The summed E-state index contributed by atoms with van der Waals surface area (Å²) in [5.74, 6) is 0.